The van der Waals surface area contributed by atoms with E-state index in [4.69, 9.17) is 9.84 Å². The van der Waals surface area contributed by atoms with Gasteiger partial charge in [-0.3, -0.25) is 9.97 Å². The number of nitrogens with zero attached hydrogens (tertiary/aromatic N) is 3. The van der Waals surface area contributed by atoms with Crippen LogP contribution in [0.15, 0.2) is 66.0 Å². The monoisotopic (exact) mass is 431 g/mol. The number of carboxylic acid groups (broad SMARTS) is 1. The molecule has 156 valence electrons. The normalized spacial score (nSPS) is 11.4. The zero-order valence-electron chi connectivity index (χ0n) is 15.9. The van der Waals surface area contributed by atoms with Crippen molar-refractivity contribution < 1.29 is 27.4 Å². The lowest BCUT2D eigenvalue weighted by Crippen LogP contribution is -2.26. The molecule has 0 aliphatic carbocycles. The molecule has 2 aromatic carbocycles. The van der Waals surface area contributed by atoms with Gasteiger partial charge < -0.3 is 9.84 Å². The lowest BCUT2D eigenvalue weighted by Gasteiger charge is -2.18. The highest BCUT2D eigenvalue weighted by Crippen LogP contribution is 2.30. The van der Waals surface area contributed by atoms with Crippen molar-refractivity contribution in [1.82, 2.24) is 14.3 Å². The maximum atomic E-state index is 13.1. The number of aromatic nitrogens is 2. The van der Waals surface area contributed by atoms with Crippen LogP contribution < -0.4 is 4.74 Å². The number of rotatable bonds is 8. The quantitative estimate of drug-likeness (QED) is 0.584. The van der Waals surface area contributed by atoms with Crippen molar-refractivity contribution in [3.8, 4) is 17.0 Å². The maximum Gasteiger partial charge on any atom is 0.341 e. The van der Waals surface area contributed by atoms with Gasteiger partial charge in [0.1, 0.15) is 11.6 Å². The number of carboxylic acids is 1. The number of carbonyl (C=O) groups is 1. The molecule has 30 heavy (non-hydrogen) atoms. The predicted octanol–water partition coefficient (Wildman–Crippen LogP) is 2.57. The smallest absolute Gasteiger partial charge is 0.341 e. The molecule has 10 heteroatoms. The molecular formula is C20H18FN3O5S. The van der Waals surface area contributed by atoms with Gasteiger partial charge in [0.2, 0.25) is 10.0 Å². The zero-order chi connectivity index (χ0) is 21.7. The molecule has 0 aliphatic rings. The van der Waals surface area contributed by atoms with E-state index in [0.29, 0.717) is 16.8 Å². The Balaban J connectivity index is 1.90. The van der Waals surface area contributed by atoms with E-state index >= 15 is 0 Å². The van der Waals surface area contributed by atoms with Crippen molar-refractivity contribution in [2.75, 3.05) is 13.7 Å². The molecule has 0 aliphatic heterocycles. The summed E-state index contributed by atoms with van der Waals surface area (Å²) >= 11 is 0. The molecule has 3 aromatic rings. The van der Waals surface area contributed by atoms with E-state index in [0.717, 1.165) is 16.4 Å². The molecule has 0 radical (unpaired) electrons. The number of benzene rings is 2. The highest BCUT2D eigenvalue weighted by atomic mass is 32.2. The van der Waals surface area contributed by atoms with Gasteiger partial charge in [-0.15, -0.1) is 0 Å². The zero-order valence-corrected chi connectivity index (χ0v) is 16.7. The fraction of sp³-hybridized carbons (Fsp3) is 0.150. The van der Waals surface area contributed by atoms with Crippen LogP contribution in [-0.4, -0.2) is 47.4 Å². The second-order valence-corrected chi connectivity index (χ2v) is 8.36. The van der Waals surface area contributed by atoms with Crippen LogP contribution in [0, 0.1) is 5.82 Å². The van der Waals surface area contributed by atoms with Gasteiger partial charge in [-0.25, -0.2) is 17.6 Å². The molecule has 0 saturated heterocycles. The van der Waals surface area contributed by atoms with Gasteiger partial charge in [0.15, 0.2) is 6.61 Å². The van der Waals surface area contributed by atoms with Crippen LogP contribution >= 0.6 is 0 Å². The Labute approximate surface area is 172 Å². The van der Waals surface area contributed by atoms with Crippen LogP contribution in [0.2, 0.25) is 0 Å². The number of hydrogen-bond acceptors (Lipinski definition) is 6. The van der Waals surface area contributed by atoms with Crippen LogP contribution in [0.5, 0.6) is 5.75 Å². The Bertz CT molecular complexity index is 1140. The summed E-state index contributed by atoms with van der Waals surface area (Å²) in [6.07, 6.45) is 4.47. The summed E-state index contributed by atoms with van der Waals surface area (Å²) < 4.78 is 45.0. The average Bonchev–Trinajstić information content (AvgIpc) is 2.73. The van der Waals surface area contributed by atoms with E-state index in [1.165, 1.54) is 37.8 Å². The van der Waals surface area contributed by atoms with E-state index < -0.39 is 28.4 Å². The van der Waals surface area contributed by atoms with Crippen LogP contribution in [0.25, 0.3) is 11.3 Å². The lowest BCUT2D eigenvalue weighted by molar-refractivity contribution is -0.139. The third kappa shape index (κ3) is 4.97. The number of hydrogen-bond donors (Lipinski definition) is 1. The standard InChI is InChI=1S/C20H18FN3O5S/c1-24(30(27,28)16-5-3-15(21)4-6-16)12-14-2-7-19(29-13-20(25)26)17(10-14)18-11-22-8-9-23-18/h2-11H,12-13H2,1H3,(H,25,26). The van der Waals surface area contributed by atoms with Crippen molar-refractivity contribution in [2.24, 2.45) is 0 Å². The highest BCUT2D eigenvalue weighted by molar-refractivity contribution is 7.89. The van der Waals surface area contributed by atoms with Crippen molar-refractivity contribution in [3.63, 3.8) is 0 Å². The molecule has 1 N–H and O–H groups in total. The molecule has 0 fully saturated rings. The number of sulfonamides is 1. The Kier molecular flexibility index (Phi) is 6.38. The van der Waals surface area contributed by atoms with E-state index in [1.54, 1.807) is 18.2 Å². The minimum atomic E-state index is -3.83. The van der Waals surface area contributed by atoms with Gasteiger partial charge in [0.25, 0.3) is 0 Å². The Morgan fingerprint density at radius 1 is 1.17 bits per heavy atom. The summed E-state index contributed by atoms with van der Waals surface area (Å²) in [6.45, 7) is -0.516. The Hall–Kier alpha value is -3.37. The topological polar surface area (TPSA) is 110 Å². The molecule has 3 rings (SSSR count). The second kappa shape index (κ2) is 8.97. The first-order valence-corrected chi connectivity index (χ1v) is 10.2. The molecule has 1 aromatic heterocycles. The summed E-state index contributed by atoms with van der Waals surface area (Å²) in [7, 11) is -2.42. The van der Waals surface area contributed by atoms with Gasteiger partial charge in [-0.05, 0) is 42.0 Å². The second-order valence-electron chi connectivity index (χ2n) is 6.32. The predicted molar refractivity (Wildman–Crippen MR) is 106 cm³/mol. The Morgan fingerprint density at radius 2 is 1.90 bits per heavy atom. The molecule has 0 saturated carbocycles. The van der Waals surface area contributed by atoms with E-state index in [9.17, 15) is 17.6 Å². The molecule has 1 heterocycles. The van der Waals surface area contributed by atoms with Crippen LogP contribution in [0.1, 0.15) is 5.56 Å². The minimum Gasteiger partial charge on any atom is -0.481 e. The number of halogens is 1. The molecule has 0 amide bonds. The first-order valence-electron chi connectivity index (χ1n) is 8.73. The fourth-order valence-electron chi connectivity index (χ4n) is 2.71. The van der Waals surface area contributed by atoms with Gasteiger partial charge in [-0.1, -0.05) is 6.07 Å². The lowest BCUT2D eigenvalue weighted by atomic mass is 10.1. The first-order chi connectivity index (χ1) is 14.3. The molecule has 0 spiro atoms. The third-order valence-electron chi connectivity index (χ3n) is 4.16. The van der Waals surface area contributed by atoms with E-state index in [2.05, 4.69) is 9.97 Å². The van der Waals surface area contributed by atoms with Gasteiger partial charge >= 0.3 is 5.97 Å². The summed E-state index contributed by atoms with van der Waals surface area (Å²) in [5.74, 6) is -1.37. The van der Waals surface area contributed by atoms with Crippen molar-refractivity contribution >= 4 is 16.0 Å². The number of aliphatic carboxylic acids is 1. The molecule has 0 atom stereocenters. The summed E-state index contributed by atoms with van der Waals surface area (Å²) in [6, 6.07) is 9.43. The largest absolute Gasteiger partial charge is 0.481 e. The minimum absolute atomic E-state index is 0.0200. The maximum absolute atomic E-state index is 13.1. The van der Waals surface area contributed by atoms with Gasteiger partial charge in [-0.2, -0.15) is 4.31 Å². The number of ether oxygens (including phenoxy) is 1. The average molecular weight is 431 g/mol. The fourth-order valence-corrected chi connectivity index (χ4v) is 3.87. The molecule has 8 nitrogen and oxygen atoms in total. The molecular weight excluding hydrogens is 413 g/mol. The molecule has 0 bridgehead atoms. The van der Waals surface area contributed by atoms with Crippen molar-refractivity contribution in [1.29, 1.82) is 0 Å². The Morgan fingerprint density at radius 3 is 2.53 bits per heavy atom. The van der Waals surface area contributed by atoms with Crippen molar-refractivity contribution in [2.45, 2.75) is 11.4 Å². The van der Waals surface area contributed by atoms with Gasteiger partial charge in [0, 0.05) is 31.5 Å². The molecule has 0 unspecified atom stereocenters. The third-order valence-corrected chi connectivity index (χ3v) is 5.98. The van der Waals surface area contributed by atoms with Crippen LogP contribution in [0.3, 0.4) is 0 Å². The first kappa shape index (κ1) is 21.3. The highest BCUT2D eigenvalue weighted by Gasteiger charge is 2.21. The van der Waals surface area contributed by atoms with E-state index in [-0.39, 0.29) is 17.2 Å². The van der Waals surface area contributed by atoms with Gasteiger partial charge in [0.05, 0.1) is 16.8 Å². The summed E-state index contributed by atoms with van der Waals surface area (Å²) in [5, 5.41) is 8.87. The van der Waals surface area contributed by atoms with Crippen LogP contribution in [0.4, 0.5) is 4.39 Å². The summed E-state index contributed by atoms with van der Waals surface area (Å²) in [5.41, 5.74) is 1.55. The van der Waals surface area contributed by atoms with Crippen molar-refractivity contribution in [3.05, 3.63) is 72.4 Å². The SMILES string of the molecule is CN(Cc1ccc(OCC(=O)O)c(-c2cnccn2)c1)S(=O)(=O)c1ccc(F)cc1. The van der Waals surface area contributed by atoms with Crippen LogP contribution in [-0.2, 0) is 21.4 Å². The van der Waals surface area contributed by atoms with E-state index in [1.807, 2.05) is 0 Å². The summed E-state index contributed by atoms with van der Waals surface area (Å²) in [4.78, 5) is 19.0.